The van der Waals surface area contributed by atoms with Crippen LogP contribution in [0.3, 0.4) is 0 Å². The highest BCUT2D eigenvalue weighted by molar-refractivity contribution is 6.31. The van der Waals surface area contributed by atoms with E-state index in [9.17, 15) is 13.2 Å². The van der Waals surface area contributed by atoms with E-state index in [0.29, 0.717) is 30.5 Å². The lowest BCUT2D eigenvalue weighted by atomic mass is 9.93. The highest BCUT2D eigenvalue weighted by Gasteiger charge is 2.32. The summed E-state index contributed by atoms with van der Waals surface area (Å²) in [6.45, 7) is 8.05. The van der Waals surface area contributed by atoms with Crippen LogP contribution in [0.1, 0.15) is 50.3 Å². The Morgan fingerprint density at radius 1 is 1.19 bits per heavy atom. The van der Waals surface area contributed by atoms with Gasteiger partial charge in [0.15, 0.2) is 0 Å². The number of hydrogen-bond donors (Lipinski definition) is 0. The molecule has 1 aromatic rings. The molecular weight excluding hydrogens is 299 g/mol. The van der Waals surface area contributed by atoms with Crippen molar-refractivity contribution in [2.24, 2.45) is 0 Å². The van der Waals surface area contributed by atoms with Gasteiger partial charge in [-0.05, 0) is 35.1 Å². The van der Waals surface area contributed by atoms with Gasteiger partial charge >= 0.3 is 6.18 Å². The Kier molecular flexibility index (Phi) is 6.54. The fourth-order valence-corrected chi connectivity index (χ4v) is 2.89. The summed E-state index contributed by atoms with van der Waals surface area (Å²) in [4.78, 5) is 1.42. The van der Waals surface area contributed by atoms with Gasteiger partial charge in [0.25, 0.3) is 0 Å². The molecule has 0 fully saturated rings. The summed E-state index contributed by atoms with van der Waals surface area (Å²) < 4.78 is 37.2. The average molecular weight is 322 g/mol. The van der Waals surface area contributed by atoms with Gasteiger partial charge in [-0.15, -0.1) is 0 Å². The number of hydrogen-bond acceptors (Lipinski definition) is 1. The Morgan fingerprint density at radius 3 is 2.33 bits per heavy atom. The highest BCUT2D eigenvalue weighted by atomic mass is 35.5. The molecule has 120 valence electrons. The molecule has 0 saturated carbocycles. The summed E-state index contributed by atoms with van der Waals surface area (Å²) in [5.74, 6) is 0.325. The van der Waals surface area contributed by atoms with Gasteiger partial charge in [0.2, 0.25) is 0 Å². The normalized spacial score (nSPS) is 15.5. The first-order valence-electron chi connectivity index (χ1n) is 7.36. The number of benzene rings is 1. The first kappa shape index (κ1) is 18.3. The zero-order chi connectivity index (χ0) is 16.2. The van der Waals surface area contributed by atoms with Crippen molar-refractivity contribution in [3.05, 3.63) is 33.8 Å². The molecule has 1 aliphatic heterocycles. The second-order valence-electron chi connectivity index (χ2n) is 5.37. The lowest BCUT2D eigenvalue weighted by molar-refractivity contribution is -0.147. The highest BCUT2D eigenvalue weighted by Crippen LogP contribution is 2.31. The molecule has 0 saturated heterocycles. The van der Waals surface area contributed by atoms with E-state index in [1.807, 2.05) is 26.0 Å². The van der Waals surface area contributed by atoms with Crippen LogP contribution in [0.15, 0.2) is 12.1 Å². The molecule has 0 aliphatic carbocycles. The van der Waals surface area contributed by atoms with Crippen molar-refractivity contribution in [1.29, 1.82) is 0 Å². The van der Waals surface area contributed by atoms with Crippen molar-refractivity contribution in [3.8, 4) is 0 Å². The van der Waals surface area contributed by atoms with E-state index in [1.54, 1.807) is 0 Å². The molecular formula is C16H23ClF3N. The van der Waals surface area contributed by atoms with Crippen molar-refractivity contribution >= 4 is 11.6 Å². The minimum Gasteiger partial charge on any atom is -0.290 e. The van der Waals surface area contributed by atoms with Crippen LogP contribution in [0.2, 0.25) is 5.02 Å². The molecule has 1 aliphatic rings. The molecule has 0 radical (unpaired) electrons. The van der Waals surface area contributed by atoms with Crippen molar-refractivity contribution < 1.29 is 13.2 Å². The van der Waals surface area contributed by atoms with Gasteiger partial charge in [0, 0.05) is 18.1 Å². The fraction of sp³-hybridized carbons (Fsp3) is 0.625. The second kappa shape index (κ2) is 7.50. The smallest absolute Gasteiger partial charge is 0.290 e. The van der Waals surface area contributed by atoms with Crippen LogP contribution in [0.4, 0.5) is 13.2 Å². The zero-order valence-electron chi connectivity index (χ0n) is 13.0. The van der Waals surface area contributed by atoms with Gasteiger partial charge in [-0.25, -0.2) is 0 Å². The number of halogens is 4. The lowest BCUT2D eigenvalue weighted by Crippen LogP contribution is -2.38. The van der Waals surface area contributed by atoms with Crippen molar-refractivity contribution in [1.82, 2.24) is 4.90 Å². The average Bonchev–Trinajstić information content (AvgIpc) is 2.38. The van der Waals surface area contributed by atoms with Crippen molar-refractivity contribution in [2.45, 2.75) is 52.8 Å². The third-order valence-electron chi connectivity index (χ3n) is 3.44. The Hall–Kier alpha value is -0.740. The molecule has 1 nitrogen and oxygen atoms in total. The SMILES string of the molecule is CC.CC(C)c1cc2c(cc1Cl)CN(CC(F)(F)F)CC2. The molecule has 0 spiro atoms. The zero-order valence-corrected chi connectivity index (χ0v) is 13.8. The first-order chi connectivity index (χ1) is 9.76. The largest absolute Gasteiger partial charge is 0.401 e. The van der Waals surface area contributed by atoms with E-state index in [1.165, 1.54) is 4.90 Å². The van der Waals surface area contributed by atoms with E-state index in [0.717, 1.165) is 16.7 Å². The maximum absolute atomic E-state index is 12.4. The van der Waals surface area contributed by atoms with E-state index < -0.39 is 12.7 Å². The third-order valence-corrected chi connectivity index (χ3v) is 3.76. The first-order valence-corrected chi connectivity index (χ1v) is 7.74. The van der Waals surface area contributed by atoms with Crippen molar-refractivity contribution in [2.75, 3.05) is 13.1 Å². The molecule has 0 unspecified atom stereocenters. The molecule has 21 heavy (non-hydrogen) atoms. The predicted molar refractivity (Wildman–Crippen MR) is 81.9 cm³/mol. The van der Waals surface area contributed by atoms with Gasteiger partial charge in [-0.1, -0.05) is 45.4 Å². The van der Waals surface area contributed by atoms with Gasteiger partial charge in [0.05, 0.1) is 6.54 Å². The summed E-state index contributed by atoms with van der Waals surface area (Å²) >= 11 is 6.20. The molecule has 0 N–H and O–H groups in total. The van der Waals surface area contributed by atoms with E-state index in [2.05, 4.69) is 13.8 Å². The molecule has 0 amide bonds. The molecule has 0 atom stereocenters. The molecule has 1 aromatic carbocycles. The second-order valence-corrected chi connectivity index (χ2v) is 5.78. The molecule has 1 heterocycles. The fourth-order valence-electron chi connectivity index (χ4n) is 2.49. The van der Waals surface area contributed by atoms with E-state index in [-0.39, 0.29) is 0 Å². The van der Waals surface area contributed by atoms with Crippen LogP contribution in [0, 0.1) is 0 Å². The number of fused-ring (bicyclic) bond motifs is 1. The summed E-state index contributed by atoms with van der Waals surface area (Å²) in [5.41, 5.74) is 3.13. The van der Waals surface area contributed by atoms with Crippen LogP contribution < -0.4 is 0 Å². The monoisotopic (exact) mass is 321 g/mol. The van der Waals surface area contributed by atoms with Gasteiger partial charge in [-0.3, -0.25) is 4.90 Å². The van der Waals surface area contributed by atoms with Crippen LogP contribution in [-0.2, 0) is 13.0 Å². The van der Waals surface area contributed by atoms with Crippen LogP contribution in [0.25, 0.3) is 0 Å². The molecule has 0 bridgehead atoms. The van der Waals surface area contributed by atoms with E-state index in [4.69, 9.17) is 11.6 Å². The van der Waals surface area contributed by atoms with Gasteiger partial charge in [0.1, 0.15) is 0 Å². The summed E-state index contributed by atoms with van der Waals surface area (Å²) in [6.07, 6.45) is -3.48. The van der Waals surface area contributed by atoms with Crippen molar-refractivity contribution in [3.63, 3.8) is 0 Å². The quantitative estimate of drug-likeness (QED) is 0.704. The Balaban J connectivity index is 0.00000106. The predicted octanol–water partition coefficient (Wildman–Crippen LogP) is 5.41. The number of alkyl halides is 3. The summed E-state index contributed by atoms with van der Waals surface area (Å²) in [6, 6.07) is 3.88. The van der Waals surface area contributed by atoms with Gasteiger partial charge < -0.3 is 0 Å². The van der Waals surface area contributed by atoms with Gasteiger partial charge in [-0.2, -0.15) is 13.2 Å². The van der Waals surface area contributed by atoms with E-state index >= 15 is 0 Å². The van der Waals surface area contributed by atoms with Crippen LogP contribution >= 0.6 is 11.6 Å². The summed E-state index contributed by atoms with van der Waals surface area (Å²) in [5, 5.41) is 0.655. The minimum absolute atomic E-state index is 0.325. The summed E-state index contributed by atoms with van der Waals surface area (Å²) in [7, 11) is 0. The minimum atomic E-state index is -4.14. The Labute approximate surface area is 130 Å². The third kappa shape index (κ3) is 5.19. The molecule has 0 aromatic heterocycles. The Morgan fingerprint density at radius 2 is 1.81 bits per heavy atom. The molecule has 2 rings (SSSR count). The maximum atomic E-state index is 12.4. The maximum Gasteiger partial charge on any atom is 0.401 e. The molecule has 5 heteroatoms. The Bertz CT molecular complexity index is 469. The number of rotatable bonds is 2. The number of nitrogens with zero attached hydrogens (tertiary/aromatic N) is 1. The standard InChI is InChI=1S/C14H17ClF3N.C2H6/c1-9(2)12-5-10-3-4-19(8-14(16,17)18)7-11(10)6-13(12)15;1-2/h5-6,9H,3-4,7-8H2,1-2H3;1-2H3. The topological polar surface area (TPSA) is 3.24 Å². The lowest BCUT2D eigenvalue weighted by Gasteiger charge is -2.30. The van der Waals surface area contributed by atoms with Crippen LogP contribution in [0.5, 0.6) is 0 Å². The van der Waals surface area contributed by atoms with Crippen LogP contribution in [-0.4, -0.2) is 24.2 Å².